The van der Waals surface area contributed by atoms with Gasteiger partial charge in [0.25, 0.3) is 0 Å². The van der Waals surface area contributed by atoms with Crippen LogP contribution in [0.3, 0.4) is 0 Å². The minimum atomic E-state index is -0.376. The molecule has 1 saturated heterocycles. The highest BCUT2D eigenvalue weighted by molar-refractivity contribution is 5.96. The number of nitrogens with zero attached hydrogens (tertiary/aromatic N) is 1. The Kier molecular flexibility index (Phi) is 5.29. The lowest BCUT2D eigenvalue weighted by Gasteiger charge is -2.39. The summed E-state index contributed by atoms with van der Waals surface area (Å²) in [5, 5.41) is 3.00. The molecule has 0 radical (unpaired) electrons. The molecule has 128 valence electrons. The second-order valence-corrected chi connectivity index (χ2v) is 6.22. The van der Waals surface area contributed by atoms with Gasteiger partial charge in [-0.3, -0.25) is 9.59 Å². The summed E-state index contributed by atoms with van der Waals surface area (Å²) in [6.07, 6.45) is 4.02. The molecule has 2 atom stereocenters. The Bertz CT molecular complexity index is 756. The Morgan fingerprint density at radius 1 is 1.08 bits per heavy atom. The number of hydrogen-bond donors (Lipinski definition) is 1. The van der Waals surface area contributed by atoms with E-state index in [-0.39, 0.29) is 23.9 Å². The van der Waals surface area contributed by atoms with Crippen LogP contribution in [0.1, 0.15) is 30.5 Å². The van der Waals surface area contributed by atoms with Gasteiger partial charge >= 0.3 is 0 Å². The summed E-state index contributed by atoms with van der Waals surface area (Å²) in [6, 6.07) is 19.0. The first kappa shape index (κ1) is 17.0. The van der Waals surface area contributed by atoms with Crippen LogP contribution in [0.25, 0.3) is 6.08 Å². The first-order valence-electron chi connectivity index (χ1n) is 8.54. The summed E-state index contributed by atoms with van der Waals surface area (Å²) in [4.78, 5) is 26.4. The molecular weight excluding hydrogens is 312 g/mol. The fraction of sp³-hybridized carbons (Fsp3) is 0.238. The van der Waals surface area contributed by atoms with Crippen molar-refractivity contribution in [2.24, 2.45) is 0 Å². The second-order valence-electron chi connectivity index (χ2n) is 6.22. The van der Waals surface area contributed by atoms with E-state index in [0.29, 0.717) is 13.0 Å². The van der Waals surface area contributed by atoms with Gasteiger partial charge in [-0.15, -0.1) is 0 Å². The van der Waals surface area contributed by atoms with Gasteiger partial charge in [0.05, 0.1) is 6.04 Å². The molecule has 3 rings (SSSR count). The molecule has 0 aliphatic carbocycles. The first-order valence-corrected chi connectivity index (χ1v) is 8.54. The molecule has 2 amide bonds. The molecule has 1 heterocycles. The van der Waals surface area contributed by atoms with Crippen molar-refractivity contribution in [3.8, 4) is 0 Å². The number of benzene rings is 2. The third-order valence-corrected chi connectivity index (χ3v) is 4.48. The Labute approximate surface area is 148 Å². The van der Waals surface area contributed by atoms with Gasteiger partial charge in [-0.25, -0.2) is 0 Å². The van der Waals surface area contributed by atoms with E-state index < -0.39 is 0 Å². The molecule has 1 N–H and O–H groups in total. The smallest absolute Gasteiger partial charge is 0.247 e. The summed E-state index contributed by atoms with van der Waals surface area (Å²) in [6.45, 7) is 2.57. The molecular formula is C21H22N2O2. The maximum Gasteiger partial charge on any atom is 0.247 e. The quantitative estimate of drug-likeness (QED) is 0.854. The van der Waals surface area contributed by atoms with Crippen LogP contribution in [0.5, 0.6) is 0 Å². The number of carbonyl (C=O) groups excluding carboxylic acids is 2. The van der Waals surface area contributed by atoms with Crippen LogP contribution in [-0.4, -0.2) is 29.3 Å². The van der Waals surface area contributed by atoms with Gasteiger partial charge in [0.2, 0.25) is 11.8 Å². The Balaban J connectivity index is 1.57. The molecule has 2 unspecified atom stereocenters. The molecule has 4 heteroatoms. The van der Waals surface area contributed by atoms with E-state index in [2.05, 4.69) is 5.32 Å². The zero-order chi connectivity index (χ0) is 17.6. The fourth-order valence-corrected chi connectivity index (χ4v) is 2.89. The summed E-state index contributed by atoms with van der Waals surface area (Å²) in [5.74, 6) is -0.216. The number of likely N-dealkylation sites (tertiary alicyclic amines) is 1. The van der Waals surface area contributed by atoms with Gasteiger partial charge in [-0.05, 0) is 30.5 Å². The molecule has 0 spiro atoms. The van der Waals surface area contributed by atoms with E-state index in [1.165, 1.54) is 6.08 Å². The Hall–Kier alpha value is -2.88. The normalized spacial score (nSPS) is 17.8. The molecule has 1 fully saturated rings. The average Bonchev–Trinajstić information content (AvgIpc) is 2.60. The van der Waals surface area contributed by atoms with Crippen LogP contribution in [0, 0.1) is 0 Å². The molecule has 1 aliphatic rings. The van der Waals surface area contributed by atoms with Crippen molar-refractivity contribution in [1.29, 1.82) is 0 Å². The van der Waals surface area contributed by atoms with Crippen molar-refractivity contribution in [2.75, 3.05) is 6.54 Å². The summed E-state index contributed by atoms with van der Waals surface area (Å²) in [7, 11) is 0. The minimum Gasteiger partial charge on any atom is -0.348 e. The minimum absolute atomic E-state index is 0.0777. The number of carbonyl (C=O) groups is 2. The highest BCUT2D eigenvalue weighted by Gasteiger charge is 2.36. The predicted octanol–water partition coefficient (Wildman–Crippen LogP) is 3.18. The molecule has 0 saturated carbocycles. The van der Waals surface area contributed by atoms with Gasteiger partial charge in [-0.1, -0.05) is 60.7 Å². The van der Waals surface area contributed by atoms with Crippen LogP contribution in [0.15, 0.2) is 66.7 Å². The molecule has 1 aliphatic heterocycles. The maximum atomic E-state index is 12.5. The third-order valence-electron chi connectivity index (χ3n) is 4.48. The SMILES string of the molecule is CC(NC(=O)C1CCN1C(=O)/C=C/c1ccccc1)c1ccccc1. The van der Waals surface area contributed by atoms with E-state index in [1.54, 1.807) is 11.0 Å². The van der Waals surface area contributed by atoms with Crippen LogP contribution >= 0.6 is 0 Å². The van der Waals surface area contributed by atoms with Crippen molar-refractivity contribution >= 4 is 17.9 Å². The standard InChI is InChI=1S/C21H22N2O2/c1-16(18-10-6-3-7-11-18)22-21(25)19-14-15-23(19)20(24)13-12-17-8-4-2-5-9-17/h2-13,16,19H,14-15H2,1H3,(H,22,25)/b13-12+. The third kappa shape index (κ3) is 4.15. The highest BCUT2D eigenvalue weighted by atomic mass is 16.2. The molecule has 0 bridgehead atoms. The predicted molar refractivity (Wildman–Crippen MR) is 98.6 cm³/mol. The van der Waals surface area contributed by atoms with Gasteiger partial charge < -0.3 is 10.2 Å². The van der Waals surface area contributed by atoms with Gasteiger partial charge in [0.15, 0.2) is 0 Å². The van der Waals surface area contributed by atoms with E-state index in [0.717, 1.165) is 11.1 Å². The largest absolute Gasteiger partial charge is 0.348 e. The zero-order valence-electron chi connectivity index (χ0n) is 14.3. The summed E-state index contributed by atoms with van der Waals surface area (Å²) >= 11 is 0. The monoisotopic (exact) mass is 334 g/mol. The lowest BCUT2D eigenvalue weighted by Crippen LogP contribution is -2.58. The summed E-state index contributed by atoms with van der Waals surface area (Å²) < 4.78 is 0. The average molecular weight is 334 g/mol. The lowest BCUT2D eigenvalue weighted by atomic mass is 10.0. The van der Waals surface area contributed by atoms with Crippen LogP contribution in [-0.2, 0) is 9.59 Å². The van der Waals surface area contributed by atoms with Gasteiger partial charge in [0.1, 0.15) is 6.04 Å². The van der Waals surface area contributed by atoms with E-state index in [1.807, 2.05) is 67.6 Å². The van der Waals surface area contributed by atoms with E-state index >= 15 is 0 Å². The fourth-order valence-electron chi connectivity index (χ4n) is 2.89. The molecule has 2 aromatic carbocycles. The Morgan fingerprint density at radius 2 is 1.72 bits per heavy atom. The zero-order valence-corrected chi connectivity index (χ0v) is 14.3. The number of nitrogens with one attached hydrogen (secondary N) is 1. The highest BCUT2D eigenvalue weighted by Crippen LogP contribution is 2.20. The lowest BCUT2D eigenvalue weighted by molar-refractivity contribution is -0.144. The first-order chi connectivity index (χ1) is 12.1. The molecule has 4 nitrogen and oxygen atoms in total. The van der Waals surface area contributed by atoms with Crippen molar-refractivity contribution in [1.82, 2.24) is 10.2 Å². The number of rotatable bonds is 5. The van der Waals surface area contributed by atoms with E-state index in [4.69, 9.17) is 0 Å². The van der Waals surface area contributed by atoms with Gasteiger partial charge in [-0.2, -0.15) is 0 Å². The van der Waals surface area contributed by atoms with Crippen LogP contribution < -0.4 is 5.32 Å². The molecule has 2 aromatic rings. The van der Waals surface area contributed by atoms with Crippen molar-refractivity contribution in [3.05, 3.63) is 77.9 Å². The second kappa shape index (κ2) is 7.79. The van der Waals surface area contributed by atoms with Gasteiger partial charge in [0, 0.05) is 12.6 Å². The summed E-state index contributed by atoms with van der Waals surface area (Å²) in [5.41, 5.74) is 2.02. The van der Waals surface area contributed by atoms with Crippen LogP contribution in [0.4, 0.5) is 0 Å². The molecule has 0 aromatic heterocycles. The van der Waals surface area contributed by atoms with Crippen LogP contribution in [0.2, 0.25) is 0 Å². The van der Waals surface area contributed by atoms with Crippen molar-refractivity contribution in [3.63, 3.8) is 0 Å². The maximum absolute atomic E-state index is 12.5. The number of hydrogen-bond acceptors (Lipinski definition) is 2. The van der Waals surface area contributed by atoms with Crippen molar-refractivity contribution in [2.45, 2.75) is 25.4 Å². The van der Waals surface area contributed by atoms with E-state index in [9.17, 15) is 9.59 Å². The number of amides is 2. The Morgan fingerprint density at radius 3 is 2.32 bits per heavy atom. The molecule has 25 heavy (non-hydrogen) atoms. The topological polar surface area (TPSA) is 49.4 Å². The van der Waals surface area contributed by atoms with Crippen molar-refractivity contribution < 1.29 is 9.59 Å².